The molecule has 1 aliphatic rings. The lowest BCUT2D eigenvalue weighted by atomic mass is 9.99. The van der Waals surface area contributed by atoms with E-state index in [0.29, 0.717) is 11.1 Å². The summed E-state index contributed by atoms with van der Waals surface area (Å²) in [6, 6.07) is 11.2. The van der Waals surface area contributed by atoms with Gasteiger partial charge in [-0.25, -0.2) is 0 Å². The summed E-state index contributed by atoms with van der Waals surface area (Å²) in [5.74, 6) is 0. The van der Waals surface area contributed by atoms with Gasteiger partial charge in [-0.15, -0.1) is 0 Å². The second-order valence-corrected chi connectivity index (χ2v) is 8.63. The normalized spacial score (nSPS) is 18.3. The molecule has 1 aliphatic heterocycles. The van der Waals surface area contributed by atoms with Crippen LogP contribution in [0.1, 0.15) is 31.1 Å². The lowest BCUT2D eigenvalue weighted by Gasteiger charge is -2.27. The zero-order valence-corrected chi connectivity index (χ0v) is 17.6. The molecule has 0 aromatic heterocycles. The maximum Gasteiger partial charge on any atom is 0.344 e. The van der Waals surface area contributed by atoms with Gasteiger partial charge in [-0.05, 0) is 43.7 Å². The fourth-order valence-corrected chi connectivity index (χ4v) is 5.42. The van der Waals surface area contributed by atoms with Crippen molar-refractivity contribution in [3.05, 3.63) is 79.9 Å². The first-order chi connectivity index (χ1) is 14.8. The first kappa shape index (κ1) is 22.5. The van der Waals surface area contributed by atoms with Crippen LogP contribution < -0.4 is 0 Å². The summed E-state index contributed by atoms with van der Waals surface area (Å²) in [7, 11) is -3.80. The van der Waals surface area contributed by atoms with Crippen LogP contribution in [0.15, 0.2) is 53.7 Å². The molecule has 1 heterocycles. The predicted molar refractivity (Wildman–Crippen MR) is 111 cm³/mol. The highest BCUT2D eigenvalue weighted by Crippen LogP contribution is 2.60. The molecule has 0 fully saturated rings. The van der Waals surface area contributed by atoms with Crippen molar-refractivity contribution in [3.8, 4) is 0 Å². The minimum atomic E-state index is -3.80. The monoisotopic (exact) mass is 449 g/mol. The van der Waals surface area contributed by atoms with Crippen LogP contribution in [0.2, 0.25) is 0 Å². The zero-order chi connectivity index (χ0) is 22.6. The van der Waals surface area contributed by atoms with E-state index in [9.17, 15) is 24.8 Å². The summed E-state index contributed by atoms with van der Waals surface area (Å²) >= 11 is 0. The Morgan fingerprint density at radius 1 is 0.935 bits per heavy atom. The van der Waals surface area contributed by atoms with Gasteiger partial charge in [-0.3, -0.25) is 24.8 Å². The molecule has 12 heteroatoms. The molecular formula is C19H20N3O8P. The third-order valence-electron chi connectivity index (χ3n) is 4.60. The van der Waals surface area contributed by atoms with E-state index in [2.05, 4.69) is 5.16 Å². The molecule has 31 heavy (non-hydrogen) atoms. The van der Waals surface area contributed by atoms with Gasteiger partial charge in [0.15, 0.2) is 11.8 Å². The number of benzene rings is 2. The van der Waals surface area contributed by atoms with Gasteiger partial charge < -0.3 is 13.9 Å². The summed E-state index contributed by atoms with van der Waals surface area (Å²) in [4.78, 5) is 26.4. The van der Waals surface area contributed by atoms with Gasteiger partial charge in [-0.1, -0.05) is 5.16 Å². The largest absolute Gasteiger partial charge is 0.386 e. The molecule has 11 nitrogen and oxygen atoms in total. The van der Waals surface area contributed by atoms with E-state index in [1.165, 1.54) is 48.5 Å². The Morgan fingerprint density at radius 2 is 1.42 bits per heavy atom. The molecule has 0 amide bonds. The minimum absolute atomic E-state index is 0.104. The second-order valence-electron chi connectivity index (χ2n) is 6.48. The van der Waals surface area contributed by atoms with Gasteiger partial charge in [0.05, 0.1) is 23.1 Å². The van der Waals surface area contributed by atoms with E-state index in [4.69, 9.17) is 13.9 Å². The second kappa shape index (κ2) is 9.34. The molecule has 164 valence electrons. The molecule has 2 atom stereocenters. The van der Waals surface area contributed by atoms with E-state index < -0.39 is 29.2 Å². The number of oxime groups is 1. The minimum Gasteiger partial charge on any atom is -0.386 e. The van der Waals surface area contributed by atoms with Crippen molar-refractivity contribution in [1.82, 2.24) is 0 Å². The number of hydrogen-bond donors (Lipinski definition) is 0. The lowest BCUT2D eigenvalue weighted by Crippen LogP contribution is -2.27. The highest BCUT2D eigenvalue weighted by molar-refractivity contribution is 7.56. The molecule has 2 aromatic carbocycles. The van der Waals surface area contributed by atoms with Crippen molar-refractivity contribution in [3.63, 3.8) is 0 Å². The van der Waals surface area contributed by atoms with Crippen LogP contribution >= 0.6 is 7.60 Å². The zero-order valence-electron chi connectivity index (χ0n) is 16.7. The van der Waals surface area contributed by atoms with Crippen molar-refractivity contribution in [2.75, 3.05) is 13.2 Å². The number of nitro benzene ring substituents is 2. The standard InChI is InChI=1S/C19H20N3O8P/c1-3-28-31(27,29-4-2)19-17(13-5-9-15(10-6-13)21(23)24)20-30-18(19)14-7-11-16(12-8-14)22(25)26/h5-12,18-19H,3-4H2,1-2H3/t18-,19+/m0/s1. The van der Waals surface area contributed by atoms with Gasteiger partial charge in [0.1, 0.15) is 5.71 Å². The third kappa shape index (κ3) is 4.63. The fourth-order valence-electron chi connectivity index (χ4n) is 3.25. The molecule has 3 rings (SSSR count). The Hall–Kier alpha value is -3.14. The first-order valence-corrected chi connectivity index (χ1v) is 11.0. The number of nitrogens with zero attached hydrogens (tertiary/aromatic N) is 3. The van der Waals surface area contributed by atoms with Gasteiger partial charge in [-0.2, -0.15) is 0 Å². The van der Waals surface area contributed by atoms with Crippen LogP contribution in [0.5, 0.6) is 0 Å². The molecular weight excluding hydrogens is 429 g/mol. The van der Waals surface area contributed by atoms with Gasteiger partial charge in [0.2, 0.25) is 0 Å². The highest BCUT2D eigenvalue weighted by atomic mass is 31.2. The molecule has 0 bridgehead atoms. The predicted octanol–water partition coefficient (Wildman–Crippen LogP) is 4.61. The summed E-state index contributed by atoms with van der Waals surface area (Å²) in [5, 5.41) is 26.0. The molecule has 0 unspecified atom stereocenters. The van der Waals surface area contributed by atoms with Crippen LogP contribution in [0.3, 0.4) is 0 Å². The number of rotatable bonds is 9. The van der Waals surface area contributed by atoms with E-state index in [0.717, 1.165) is 0 Å². The van der Waals surface area contributed by atoms with Crippen molar-refractivity contribution in [2.24, 2.45) is 5.16 Å². The van der Waals surface area contributed by atoms with Crippen LogP contribution in [0.4, 0.5) is 11.4 Å². The molecule has 2 aromatic rings. The number of non-ortho nitro benzene ring substituents is 2. The quantitative estimate of drug-likeness (QED) is 0.307. The fraction of sp³-hybridized carbons (Fsp3) is 0.316. The average molecular weight is 449 g/mol. The van der Waals surface area contributed by atoms with Crippen molar-refractivity contribution in [1.29, 1.82) is 0 Å². The topological polar surface area (TPSA) is 143 Å². The lowest BCUT2D eigenvalue weighted by molar-refractivity contribution is -0.385. The molecule has 0 radical (unpaired) electrons. The Bertz CT molecular complexity index is 1030. The Morgan fingerprint density at radius 3 is 1.87 bits per heavy atom. The molecule has 0 saturated heterocycles. The van der Waals surface area contributed by atoms with E-state index in [1.807, 2.05) is 0 Å². The van der Waals surface area contributed by atoms with Crippen molar-refractivity contribution in [2.45, 2.75) is 25.6 Å². The van der Waals surface area contributed by atoms with Gasteiger partial charge in [0, 0.05) is 29.8 Å². The summed E-state index contributed by atoms with van der Waals surface area (Å²) in [6.07, 6.45) is -0.894. The van der Waals surface area contributed by atoms with Crippen LogP contribution in [-0.4, -0.2) is 34.4 Å². The Balaban J connectivity index is 2.05. The van der Waals surface area contributed by atoms with Crippen molar-refractivity contribution >= 4 is 24.7 Å². The van der Waals surface area contributed by atoms with Crippen LogP contribution in [0, 0.1) is 20.2 Å². The maximum atomic E-state index is 13.7. The maximum absolute atomic E-state index is 13.7. The molecule has 0 N–H and O–H groups in total. The van der Waals surface area contributed by atoms with E-state index in [-0.39, 0.29) is 30.3 Å². The first-order valence-electron chi connectivity index (χ1n) is 9.42. The van der Waals surface area contributed by atoms with Gasteiger partial charge >= 0.3 is 7.60 Å². The summed E-state index contributed by atoms with van der Waals surface area (Å²) < 4.78 is 24.8. The highest BCUT2D eigenvalue weighted by Gasteiger charge is 2.51. The Labute approximate surface area is 177 Å². The molecule has 0 saturated carbocycles. The van der Waals surface area contributed by atoms with Crippen molar-refractivity contribution < 1.29 is 28.3 Å². The molecule has 0 aliphatic carbocycles. The number of hydrogen-bond acceptors (Lipinski definition) is 9. The third-order valence-corrected chi connectivity index (χ3v) is 7.03. The van der Waals surface area contributed by atoms with Crippen LogP contribution in [0.25, 0.3) is 0 Å². The Kier molecular flexibility index (Phi) is 6.79. The average Bonchev–Trinajstić information content (AvgIpc) is 3.20. The van der Waals surface area contributed by atoms with E-state index >= 15 is 0 Å². The smallest absolute Gasteiger partial charge is 0.344 e. The summed E-state index contributed by atoms with van der Waals surface area (Å²) in [5.41, 5.74) is 0.0199. The SMILES string of the molecule is CCOP(=O)(OCC)[C@@H]1C(c2ccc([N+](=O)[O-])cc2)=NO[C@H]1c1ccc([N+](=O)[O-])cc1. The summed E-state index contributed by atoms with van der Waals surface area (Å²) in [6.45, 7) is 3.55. The molecule has 0 spiro atoms. The number of nitro groups is 2. The van der Waals surface area contributed by atoms with Crippen LogP contribution in [-0.2, 0) is 18.5 Å². The van der Waals surface area contributed by atoms with E-state index in [1.54, 1.807) is 13.8 Å². The van der Waals surface area contributed by atoms with Gasteiger partial charge in [0.25, 0.3) is 11.4 Å².